The van der Waals surface area contributed by atoms with Crippen molar-refractivity contribution in [2.45, 2.75) is 65.0 Å². The van der Waals surface area contributed by atoms with Gasteiger partial charge in [0.1, 0.15) is 0 Å². The average Bonchev–Trinajstić information content (AvgIpc) is 3.57. The molecule has 2 radical (unpaired) electrons. The van der Waals surface area contributed by atoms with E-state index in [2.05, 4.69) is 106 Å². The van der Waals surface area contributed by atoms with Crippen molar-refractivity contribution in [3.63, 3.8) is 0 Å². The van der Waals surface area contributed by atoms with Crippen molar-refractivity contribution in [2.75, 3.05) is 0 Å². The number of rotatable bonds is 3. The molecule has 0 N–H and O–H groups in total. The molecular formula is C32H36Cl2SiZr. The molecule has 5 aromatic rings. The second-order valence-corrected chi connectivity index (χ2v) is 10.4. The maximum absolute atomic E-state index is 2.47. The van der Waals surface area contributed by atoms with E-state index in [9.17, 15) is 0 Å². The molecule has 0 aliphatic heterocycles. The van der Waals surface area contributed by atoms with Crippen LogP contribution in [-0.4, -0.2) is 9.52 Å². The summed E-state index contributed by atoms with van der Waals surface area (Å²) in [7, 11) is 1.08. The first-order valence-corrected chi connectivity index (χ1v) is 14.5. The molecule has 1 unspecified atom stereocenters. The van der Waals surface area contributed by atoms with Crippen LogP contribution in [0.2, 0.25) is 13.1 Å². The van der Waals surface area contributed by atoms with Gasteiger partial charge in [0.05, 0.1) is 0 Å². The molecule has 0 saturated carbocycles. The first-order valence-electron chi connectivity index (χ1n) is 12.5. The molecule has 36 heavy (non-hydrogen) atoms. The van der Waals surface area contributed by atoms with Gasteiger partial charge in [0.25, 0.3) is 0 Å². The molecule has 6 rings (SSSR count). The number of fused-ring (bicyclic) bond motifs is 5. The molecule has 5 aromatic carbocycles. The van der Waals surface area contributed by atoms with E-state index in [1.54, 1.807) is 16.7 Å². The van der Waals surface area contributed by atoms with Crippen molar-refractivity contribution < 1.29 is 51.0 Å². The number of hydrogen-bond acceptors (Lipinski definition) is 0. The van der Waals surface area contributed by atoms with Gasteiger partial charge in [0, 0.05) is 9.52 Å². The minimum Gasteiger partial charge on any atom is -1.00 e. The van der Waals surface area contributed by atoms with Crippen LogP contribution in [0.3, 0.4) is 0 Å². The van der Waals surface area contributed by atoms with E-state index in [-0.39, 0.29) is 51.0 Å². The molecule has 0 fully saturated rings. The maximum atomic E-state index is 2.47. The molecule has 0 saturated heterocycles. The van der Waals surface area contributed by atoms with Crippen LogP contribution >= 0.6 is 0 Å². The molecular weight excluding hydrogens is 575 g/mol. The van der Waals surface area contributed by atoms with Gasteiger partial charge in [0.15, 0.2) is 0 Å². The van der Waals surface area contributed by atoms with Gasteiger partial charge in [-0.25, -0.2) is 0 Å². The van der Waals surface area contributed by atoms with E-state index in [1.807, 2.05) is 0 Å². The fourth-order valence-electron chi connectivity index (χ4n) is 5.21. The van der Waals surface area contributed by atoms with Crippen LogP contribution in [0.15, 0.2) is 78.9 Å². The Morgan fingerprint density at radius 3 is 2.25 bits per heavy atom. The van der Waals surface area contributed by atoms with Crippen LogP contribution in [-0.2, 0) is 39.0 Å². The predicted molar refractivity (Wildman–Crippen MR) is 149 cm³/mol. The molecule has 0 nitrogen and oxygen atoms in total. The summed E-state index contributed by atoms with van der Waals surface area (Å²) in [4.78, 5) is 0. The molecule has 0 aromatic heterocycles. The van der Waals surface area contributed by atoms with Crippen LogP contribution in [0.4, 0.5) is 0 Å². The van der Waals surface area contributed by atoms with Gasteiger partial charge < -0.3 is 24.8 Å². The van der Waals surface area contributed by atoms with Crippen LogP contribution in [0.5, 0.6) is 0 Å². The topological polar surface area (TPSA) is 0 Å². The van der Waals surface area contributed by atoms with E-state index in [1.165, 1.54) is 64.4 Å². The standard InChI is InChI=1S/C17H21.C13H9.C2H6Si.2ClH.Zr/c1-3-5-12(2)16-9-8-15-10-13-6-4-7-14(13)11-17(15)16;1-2-6-12-10(4-1)8-9-11-5-3-7-13(11)12;1-3-2;;;/h8-12H,3-7H2,1-2H3;1-9H;1-2H3;2*1H;/q2*-1;;;;+4/p-2. The van der Waals surface area contributed by atoms with E-state index in [0.29, 0.717) is 5.92 Å². The maximum Gasteiger partial charge on any atom is 4.00 e. The molecule has 0 bridgehead atoms. The number of aryl methyl sites for hydroxylation is 2. The van der Waals surface area contributed by atoms with Crippen LogP contribution in [0.1, 0.15) is 55.7 Å². The number of hydrogen-bond donors (Lipinski definition) is 0. The minimum atomic E-state index is 0. The Bertz CT molecular complexity index is 1330. The summed E-state index contributed by atoms with van der Waals surface area (Å²) in [5.41, 5.74) is 4.77. The zero-order chi connectivity index (χ0) is 23.2. The van der Waals surface area contributed by atoms with Gasteiger partial charge in [-0.2, -0.15) is 17.7 Å². The smallest absolute Gasteiger partial charge is 1.00 e. The molecule has 186 valence electrons. The minimum absolute atomic E-state index is 0. The summed E-state index contributed by atoms with van der Waals surface area (Å²) in [6.45, 7) is 8.95. The third-order valence-corrected chi connectivity index (χ3v) is 6.81. The predicted octanol–water partition coefficient (Wildman–Crippen LogP) is 3.46. The van der Waals surface area contributed by atoms with Crippen LogP contribution in [0.25, 0.3) is 32.3 Å². The van der Waals surface area contributed by atoms with Crippen LogP contribution < -0.4 is 24.8 Å². The first kappa shape index (κ1) is 32.8. The molecule has 0 spiro atoms. The Hall–Kier alpha value is -1.18. The fourth-order valence-corrected chi connectivity index (χ4v) is 5.21. The Morgan fingerprint density at radius 1 is 0.833 bits per heavy atom. The van der Waals surface area contributed by atoms with Gasteiger partial charge >= 0.3 is 26.2 Å². The summed E-state index contributed by atoms with van der Waals surface area (Å²) in [6, 6.07) is 28.9. The molecule has 1 atom stereocenters. The van der Waals surface area contributed by atoms with Crippen molar-refractivity contribution in [3.8, 4) is 0 Å². The molecule has 1 aliphatic carbocycles. The van der Waals surface area contributed by atoms with Crippen molar-refractivity contribution in [2.24, 2.45) is 0 Å². The Morgan fingerprint density at radius 2 is 1.53 bits per heavy atom. The van der Waals surface area contributed by atoms with E-state index >= 15 is 0 Å². The second-order valence-electron chi connectivity index (χ2n) is 9.36. The molecule has 1 aliphatic rings. The van der Waals surface area contributed by atoms with Crippen molar-refractivity contribution in [1.82, 2.24) is 0 Å². The summed E-state index contributed by atoms with van der Waals surface area (Å²) in [5, 5.41) is 8.35. The third-order valence-electron chi connectivity index (χ3n) is 6.81. The normalized spacial score (nSPS) is 12.2. The van der Waals surface area contributed by atoms with Crippen molar-refractivity contribution in [3.05, 3.63) is 95.6 Å². The Labute approximate surface area is 251 Å². The third kappa shape index (κ3) is 7.44. The fraction of sp³-hybridized carbons (Fsp3) is 0.312. The zero-order valence-corrected chi connectivity index (χ0v) is 26.8. The van der Waals surface area contributed by atoms with Crippen LogP contribution in [0, 0.1) is 0 Å². The van der Waals surface area contributed by atoms with E-state index < -0.39 is 0 Å². The number of benzene rings is 3. The van der Waals surface area contributed by atoms with E-state index in [4.69, 9.17) is 0 Å². The number of halogens is 2. The Kier molecular flexibility index (Phi) is 14.5. The summed E-state index contributed by atoms with van der Waals surface area (Å²) in [5.74, 6) is 0.706. The Balaban J connectivity index is 0.000000308. The summed E-state index contributed by atoms with van der Waals surface area (Å²) in [6.07, 6.45) is 6.51. The van der Waals surface area contributed by atoms with Crippen molar-refractivity contribution >= 4 is 41.8 Å². The molecule has 0 heterocycles. The summed E-state index contributed by atoms with van der Waals surface area (Å²) < 4.78 is 0. The SMILES string of the molecule is CCCC(C)c1c[cH-]c2cc3c(cc12)CCC3.C[Si]C.[Cl-].[Cl-].[Zr+4].c1ccc2c(c1)ccc1[cH-]ccc12. The quantitative estimate of drug-likeness (QED) is 0.217. The van der Waals surface area contributed by atoms with Crippen molar-refractivity contribution in [1.29, 1.82) is 0 Å². The van der Waals surface area contributed by atoms with Gasteiger partial charge in [-0.15, -0.1) is 57.9 Å². The van der Waals surface area contributed by atoms with E-state index in [0.717, 1.165) is 9.52 Å². The molecule has 0 amide bonds. The largest absolute Gasteiger partial charge is 4.00 e. The summed E-state index contributed by atoms with van der Waals surface area (Å²) >= 11 is 0. The average molecular weight is 611 g/mol. The van der Waals surface area contributed by atoms with Gasteiger partial charge in [-0.05, 0) is 24.6 Å². The first-order chi connectivity index (χ1) is 16.2. The van der Waals surface area contributed by atoms with Gasteiger partial charge in [0.2, 0.25) is 0 Å². The monoisotopic (exact) mass is 608 g/mol. The van der Waals surface area contributed by atoms with Gasteiger partial charge in [-0.1, -0.05) is 92.5 Å². The molecule has 4 heteroatoms. The second kappa shape index (κ2) is 15.9. The zero-order valence-electron chi connectivity index (χ0n) is 21.9. The van der Waals surface area contributed by atoms with Gasteiger partial charge in [-0.3, -0.25) is 0 Å².